The van der Waals surface area contributed by atoms with Crippen molar-refractivity contribution in [3.63, 3.8) is 0 Å². The summed E-state index contributed by atoms with van der Waals surface area (Å²) in [5.74, 6) is 0. The first kappa shape index (κ1) is 7.50. The molecule has 0 saturated carbocycles. The van der Waals surface area contributed by atoms with Gasteiger partial charge in [0.25, 0.3) is 0 Å². The summed E-state index contributed by atoms with van der Waals surface area (Å²) in [5.41, 5.74) is 6.37. The summed E-state index contributed by atoms with van der Waals surface area (Å²) < 4.78 is 0. The fourth-order valence-electron chi connectivity index (χ4n) is 0.390. The van der Waals surface area contributed by atoms with Crippen molar-refractivity contribution in [2.75, 3.05) is 20.6 Å². The van der Waals surface area contributed by atoms with Crippen molar-refractivity contribution in [1.29, 1.82) is 0 Å². The van der Waals surface area contributed by atoms with E-state index in [1.807, 2.05) is 19.0 Å². The Bertz CT molecular complexity index is 76.6. The van der Waals surface area contributed by atoms with Crippen molar-refractivity contribution < 1.29 is 0 Å². The van der Waals surface area contributed by atoms with Crippen LogP contribution in [0.1, 0.15) is 6.42 Å². The third-order valence-corrected chi connectivity index (χ3v) is 1.07. The molecule has 48 valence electrons. The molecule has 0 radical (unpaired) electrons. The molecule has 2 nitrogen and oxygen atoms in total. The van der Waals surface area contributed by atoms with Gasteiger partial charge in [-0.1, -0.05) is 6.58 Å². The van der Waals surface area contributed by atoms with Crippen LogP contribution in [0, 0.1) is 0 Å². The second kappa shape index (κ2) is 3.50. The first-order valence-corrected chi connectivity index (χ1v) is 2.73. The van der Waals surface area contributed by atoms with Crippen molar-refractivity contribution in [3.05, 3.63) is 12.3 Å². The van der Waals surface area contributed by atoms with Gasteiger partial charge in [-0.2, -0.15) is 0 Å². The van der Waals surface area contributed by atoms with Gasteiger partial charge in [-0.3, -0.25) is 0 Å². The smallest absolute Gasteiger partial charge is 0.00671 e. The Morgan fingerprint density at radius 2 is 2.12 bits per heavy atom. The molecule has 0 spiro atoms. The maximum Gasteiger partial charge on any atom is 0.00671 e. The molecular weight excluding hydrogens is 100 g/mol. The molecule has 0 aliphatic heterocycles. The molecule has 8 heavy (non-hydrogen) atoms. The lowest BCUT2D eigenvalue weighted by atomic mass is 10.3. The highest BCUT2D eigenvalue weighted by atomic mass is 15.1. The van der Waals surface area contributed by atoms with Gasteiger partial charge in [0.15, 0.2) is 0 Å². The van der Waals surface area contributed by atoms with E-state index in [1.54, 1.807) is 0 Å². The average Bonchev–Trinajstić information content (AvgIpc) is 1.67. The highest BCUT2D eigenvalue weighted by Crippen LogP contribution is 1.96. The van der Waals surface area contributed by atoms with Gasteiger partial charge in [0.05, 0.1) is 0 Å². The Morgan fingerprint density at radius 3 is 2.25 bits per heavy atom. The van der Waals surface area contributed by atoms with Crippen LogP contribution in [0.25, 0.3) is 0 Å². The molecular formula is C6H14N2. The van der Waals surface area contributed by atoms with Crippen molar-refractivity contribution in [2.24, 2.45) is 5.73 Å². The van der Waals surface area contributed by atoms with Gasteiger partial charge in [0.1, 0.15) is 0 Å². The predicted molar refractivity (Wildman–Crippen MR) is 36.5 cm³/mol. The predicted octanol–water partition coefficient (Wildman–Crippen LogP) is 0.410. The minimum Gasteiger partial charge on any atom is -0.381 e. The SMILES string of the molecule is C=C(CCN)N(C)C. The van der Waals surface area contributed by atoms with Crippen molar-refractivity contribution in [1.82, 2.24) is 4.90 Å². The van der Waals surface area contributed by atoms with E-state index in [9.17, 15) is 0 Å². The van der Waals surface area contributed by atoms with Crippen LogP contribution in [0.4, 0.5) is 0 Å². The molecule has 0 unspecified atom stereocenters. The van der Waals surface area contributed by atoms with Gasteiger partial charge in [0, 0.05) is 19.8 Å². The molecule has 0 aliphatic carbocycles. The normalized spacial score (nSPS) is 8.88. The van der Waals surface area contributed by atoms with Crippen LogP contribution in [-0.2, 0) is 0 Å². The molecule has 0 saturated heterocycles. The summed E-state index contributed by atoms with van der Waals surface area (Å²) in [4.78, 5) is 1.98. The second-order valence-electron chi connectivity index (χ2n) is 2.00. The average molecular weight is 114 g/mol. The summed E-state index contributed by atoms with van der Waals surface area (Å²) in [7, 11) is 3.94. The molecule has 0 aromatic carbocycles. The Balaban J connectivity index is 3.33. The van der Waals surface area contributed by atoms with E-state index >= 15 is 0 Å². The number of hydrogen-bond donors (Lipinski definition) is 1. The standard InChI is InChI=1S/C6H14N2/c1-6(4-5-7)8(2)3/h1,4-5,7H2,2-3H3. The van der Waals surface area contributed by atoms with Crippen LogP contribution >= 0.6 is 0 Å². The van der Waals surface area contributed by atoms with Gasteiger partial charge in [-0.05, 0) is 13.0 Å². The van der Waals surface area contributed by atoms with E-state index in [2.05, 4.69) is 6.58 Å². The van der Waals surface area contributed by atoms with E-state index in [1.165, 1.54) is 0 Å². The lowest BCUT2D eigenvalue weighted by Crippen LogP contribution is -2.13. The molecule has 0 amide bonds. The van der Waals surface area contributed by atoms with Gasteiger partial charge in [0.2, 0.25) is 0 Å². The second-order valence-corrected chi connectivity index (χ2v) is 2.00. The molecule has 0 aromatic rings. The molecule has 2 N–H and O–H groups in total. The summed E-state index contributed by atoms with van der Waals surface area (Å²) in [6.45, 7) is 4.48. The number of nitrogens with zero attached hydrogens (tertiary/aromatic N) is 1. The van der Waals surface area contributed by atoms with Gasteiger partial charge in [-0.15, -0.1) is 0 Å². The van der Waals surface area contributed by atoms with Crippen molar-refractivity contribution in [3.8, 4) is 0 Å². The number of nitrogens with two attached hydrogens (primary N) is 1. The largest absolute Gasteiger partial charge is 0.381 e. The van der Waals surface area contributed by atoms with Crippen LogP contribution in [0.15, 0.2) is 12.3 Å². The zero-order valence-corrected chi connectivity index (χ0v) is 5.65. The fraction of sp³-hybridized carbons (Fsp3) is 0.667. The Hall–Kier alpha value is -0.500. The Kier molecular flexibility index (Phi) is 3.28. The molecule has 0 aromatic heterocycles. The summed E-state index contributed by atoms with van der Waals surface area (Å²) in [6, 6.07) is 0. The summed E-state index contributed by atoms with van der Waals surface area (Å²) >= 11 is 0. The zero-order valence-electron chi connectivity index (χ0n) is 5.65. The van der Waals surface area contributed by atoms with E-state index in [0.29, 0.717) is 6.54 Å². The highest BCUT2D eigenvalue weighted by Gasteiger charge is 1.90. The third-order valence-electron chi connectivity index (χ3n) is 1.07. The lowest BCUT2D eigenvalue weighted by molar-refractivity contribution is 0.492. The van der Waals surface area contributed by atoms with Gasteiger partial charge < -0.3 is 10.6 Å². The van der Waals surface area contributed by atoms with Crippen molar-refractivity contribution in [2.45, 2.75) is 6.42 Å². The quantitative estimate of drug-likeness (QED) is 0.576. The maximum atomic E-state index is 5.28. The Morgan fingerprint density at radius 1 is 1.62 bits per heavy atom. The molecule has 2 heteroatoms. The van der Waals surface area contributed by atoms with Crippen LogP contribution in [0.3, 0.4) is 0 Å². The topological polar surface area (TPSA) is 29.3 Å². The van der Waals surface area contributed by atoms with E-state index < -0.39 is 0 Å². The van der Waals surface area contributed by atoms with Crippen molar-refractivity contribution >= 4 is 0 Å². The van der Waals surface area contributed by atoms with Crippen LogP contribution < -0.4 is 5.73 Å². The van der Waals surface area contributed by atoms with Gasteiger partial charge in [-0.25, -0.2) is 0 Å². The molecule has 0 atom stereocenters. The van der Waals surface area contributed by atoms with Gasteiger partial charge >= 0.3 is 0 Å². The monoisotopic (exact) mass is 114 g/mol. The van der Waals surface area contributed by atoms with Crippen LogP contribution in [-0.4, -0.2) is 25.5 Å². The van der Waals surface area contributed by atoms with E-state index in [-0.39, 0.29) is 0 Å². The lowest BCUT2D eigenvalue weighted by Gasteiger charge is -2.13. The van der Waals surface area contributed by atoms with Crippen LogP contribution in [0.2, 0.25) is 0 Å². The first-order chi connectivity index (χ1) is 3.68. The van der Waals surface area contributed by atoms with E-state index in [0.717, 1.165) is 12.1 Å². The van der Waals surface area contributed by atoms with E-state index in [4.69, 9.17) is 5.73 Å². The zero-order chi connectivity index (χ0) is 6.57. The minimum absolute atomic E-state index is 0.691. The summed E-state index contributed by atoms with van der Waals surface area (Å²) in [6.07, 6.45) is 0.896. The Labute approximate surface area is 51.0 Å². The molecule has 0 rings (SSSR count). The fourth-order valence-corrected chi connectivity index (χ4v) is 0.390. The van der Waals surface area contributed by atoms with Crippen LogP contribution in [0.5, 0.6) is 0 Å². The summed E-state index contributed by atoms with van der Waals surface area (Å²) in [5, 5.41) is 0. The molecule has 0 fully saturated rings. The molecule has 0 bridgehead atoms. The minimum atomic E-state index is 0.691. The first-order valence-electron chi connectivity index (χ1n) is 2.73. The number of hydrogen-bond acceptors (Lipinski definition) is 2. The third kappa shape index (κ3) is 2.64. The number of rotatable bonds is 3. The molecule has 0 aliphatic rings. The molecule has 0 heterocycles. The maximum absolute atomic E-state index is 5.28. The highest BCUT2D eigenvalue weighted by molar-refractivity contribution is 4.90.